The number of thiophene rings is 1. The van der Waals surface area contributed by atoms with Gasteiger partial charge in [0.25, 0.3) is 0 Å². The summed E-state index contributed by atoms with van der Waals surface area (Å²) < 4.78 is 30.5. The van der Waals surface area contributed by atoms with E-state index in [-0.39, 0.29) is 18.0 Å². The van der Waals surface area contributed by atoms with E-state index < -0.39 is 5.97 Å². The zero-order chi connectivity index (χ0) is 22.0. The first-order chi connectivity index (χ1) is 15.0. The SMILES string of the molecule is COC(=O)c1sc2ncnc(Nc3ccc(F)cc3O[C@@H]3CCC[C@H](OC)C3)c2c1C. The van der Waals surface area contributed by atoms with Gasteiger partial charge in [-0.25, -0.2) is 19.2 Å². The largest absolute Gasteiger partial charge is 0.488 e. The molecule has 0 bridgehead atoms. The Morgan fingerprint density at radius 2 is 2.03 bits per heavy atom. The average Bonchev–Trinajstić information content (AvgIpc) is 3.12. The highest BCUT2D eigenvalue weighted by Crippen LogP contribution is 2.37. The van der Waals surface area contributed by atoms with Crippen LogP contribution in [0.2, 0.25) is 0 Å². The topological polar surface area (TPSA) is 82.6 Å². The number of nitrogens with zero attached hydrogens (tertiary/aromatic N) is 2. The summed E-state index contributed by atoms with van der Waals surface area (Å²) >= 11 is 1.25. The van der Waals surface area contributed by atoms with Gasteiger partial charge < -0.3 is 19.5 Å². The molecule has 2 aromatic heterocycles. The van der Waals surface area contributed by atoms with Gasteiger partial charge >= 0.3 is 5.97 Å². The minimum atomic E-state index is -0.415. The van der Waals surface area contributed by atoms with Crippen molar-refractivity contribution in [1.29, 1.82) is 0 Å². The highest BCUT2D eigenvalue weighted by Gasteiger charge is 2.25. The van der Waals surface area contributed by atoms with Crippen LogP contribution in [-0.2, 0) is 9.47 Å². The van der Waals surface area contributed by atoms with Crippen molar-refractivity contribution >= 4 is 39.0 Å². The van der Waals surface area contributed by atoms with Gasteiger partial charge in [-0.05, 0) is 43.9 Å². The molecule has 1 N–H and O–H groups in total. The Morgan fingerprint density at radius 1 is 1.23 bits per heavy atom. The number of hydrogen-bond acceptors (Lipinski definition) is 8. The number of methoxy groups -OCH3 is 2. The van der Waals surface area contributed by atoms with Crippen molar-refractivity contribution in [3.63, 3.8) is 0 Å². The second-order valence-corrected chi connectivity index (χ2v) is 8.48. The summed E-state index contributed by atoms with van der Waals surface area (Å²) in [5.74, 6) is 0.132. The average molecular weight is 446 g/mol. The molecule has 9 heteroatoms. The van der Waals surface area contributed by atoms with Crippen LogP contribution < -0.4 is 10.1 Å². The van der Waals surface area contributed by atoms with Crippen LogP contribution in [0.3, 0.4) is 0 Å². The van der Waals surface area contributed by atoms with Crippen molar-refractivity contribution in [3.05, 3.63) is 40.8 Å². The van der Waals surface area contributed by atoms with Gasteiger partial charge in [0.2, 0.25) is 0 Å². The van der Waals surface area contributed by atoms with Crippen molar-refractivity contribution < 1.29 is 23.4 Å². The summed E-state index contributed by atoms with van der Waals surface area (Å²) in [6, 6.07) is 4.36. The first-order valence-electron chi connectivity index (χ1n) is 10.1. The van der Waals surface area contributed by atoms with E-state index in [1.807, 2.05) is 6.92 Å². The molecular weight excluding hydrogens is 421 g/mol. The van der Waals surface area contributed by atoms with Crippen LogP contribution >= 0.6 is 11.3 Å². The Kier molecular flexibility index (Phi) is 6.33. The number of aromatic nitrogens is 2. The first-order valence-corrected chi connectivity index (χ1v) is 10.9. The Morgan fingerprint density at radius 3 is 2.81 bits per heavy atom. The van der Waals surface area contributed by atoms with Crippen LogP contribution in [0.4, 0.5) is 15.9 Å². The lowest BCUT2D eigenvalue weighted by molar-refractivity contribution is 0.0211. The molecule has 2 atom stereocenters. The molecule has 0 spiro atoms. The van der Waals surface area contributed by atoms with Gasteiger partial charge in [0.1, 0.15) is 39.5 Å². The Hall–Kier alpha value is -2.78. The van der Waals surface area contributed by atoms with Crippen LogP contribution in [0.25, 0.3) is 10.2 Å². The minimum absolute atomic E-state index is 0.0553. The number of ether oxygens (including phenoxy) is 3. The number of carbonyl (C=O) groups excluding carboxylic acids is 1. The van der Waals surface area contributed by atoms with Crippen molar-refractivity contribution in [2.75, 3.05) is 19.5 Å². The van der Waals surface area contributed by atoms with Crippen molar-refractivity contribution in [2.24, 2.45) is 0 Å². The van der Waals surface area contributed by atoms with Crippen LogP contribution in [0.15, 0.2) is 24.5 Å². The number of halogens is 1. The first kappa shape index (κ1) is 21.5. The number of benzene rings is 1. The van der Waals surface area contributed by atoms with E-state index in [1.165, 1.54) is 36.9 Å². The quantitative estimate of drug-likeness (QED) is 0.534. The van der Waals surface area contributed by atoms with Gasteiger partial charge in [-0.2, -0.15) is 0 Å². The van der Waals surface area contributed by atoms with Gasteiger partial charge in [0.05, 0.1) is 24.3 Å². The van der Waals surface area contributed by atoms with Gasteiger partial charge in [-0.1, -0.05) is 0 Å². The second-order valence-electron chi connectivity index (χ2n) is 7.48. The van der Waals surface area contributed by atoms with Gasteiger partial charge in [-0.3, -0.25) is 0 Å². The molecule has 0 amide bonds. The molecule has 164 valence electrons. The van der Waals surface area contributed by atoms with E-state index in [0.29, 0.717) is 27.0 Å². The third kappa shape index (κ3) is 4.47. The molecule has 1 aromatic carbocycles. The molecule has 1 aliphatic carbocycles. The van der Waals surface area contributed by atoms with Gasteiger partial charge in [-0.15, -0.1) is 11.3 Å². The molecule has 0 aliphatic heterocycles. The van der Waals surface area contributed by atoms with E-state index in [4.69, 9.17) is 14.2 Å². The lowest BCUT2D eigenvalue weighted by Crippen LogP contribution is -2.29. The van der Waals surface area contributed by atoms with Crippen molar-refractivity contribution in [3.8, 4) is 5.75 Å². The van der Waals surface area contributed by atoms with Gasteiger partial charge in [0.15, 0.2) is 0 Å². The highest BCUT2D eigenvalue weighted by molar-refractivity contribution is 7.20. The summed E-state index contributed by atoms with van der Waals surface area (Å²) in [5, 5.41) is 3.97. The summed E-state index contributed by atoms with van der Waals surface area (Å²) in [4.78, 5) is 21.9. The molecule has 2 heterocycles. The Balaban J connectivity index is 1.66. The summed E-state index contributed by atoms with van der Waals surface area (Å²) in [7, 11) is 3.05. The lowest BCUT2D eigenvalue weighted by Gasteiger charge is -2.29. The van der Waals surface area contributed by atoms with E-state index in [9.17, 15) is 9.18 Å². The van der Waals surface area contributed by atoms with Crippen molar-refractivity contribution in [1.82, 2.24) is 9.97 Å². The van der Waals surface area contributed by atoms with Crippen LogP contribution in [0.1, 0.15) is 40.9 Å². The summed E-state index contributed by atoms with van der Waals surface area (Å²) in [6.07, 6.45) is 5.17. The number of rotatable bonds is 6. The zero-order valence-corrected chi connectivity index (χ0v) is 18.4. The molecule has 0 saturated heterocycles. The monoisotopic (exact) mass is 445 g/mol. The smallest absolute Gasteiger partial charge is 0.348 e. The zero-order valence-electron chi connectivity index (χ0n) is 17.6. The molecule has 1 saturated carbocycles. The predicted molar refractivity (Wildman–Crippen MR) is 117 cm³/mol. The third-order valence-electron chi connectivity index (χ3n) is 5.50. The second kappa shape index (κ2) is 9.15. The summed E-state index contributed by atoms with van der Waals surface area (Å²) in [5.41, 5.74) is 1.32. The lowest BCUT2D eigenvalue weighted by atomic mass is 9.95. The maximum absolute atomic E-state index is 14.0. The van der Waals surface area contributed by atoms with Gasteiger partial charge in [0, 0.05) is 19.6 Å². The molecule has 0 unspecified atom stereocenters. The van der Waals surface area contributed by atoms with Crippen LogP contribution in [0.5, 0.6) is 5.75 Å². The number of esters is 1. The number of hydrogen-bond donors (Lipinski definition) is 1. The van der Waals surface area contributed by atoms with E-state index in [1.54, 1.807) is 13.2 Å². The van der Waals surface area contributed by atoms with Crippen LogP contribution in [0, 0.1) is 12.7 Å². The predicted octanol–water partition coefficient (Wildman–Crippen LogP) is 5.01. The molecule has 7 nitrogen and oxygen atoms in total. The fourth-order valence-electron chi connectivity index (χ4n) is 3.88. The molecule has 4 rings (SSSR count). The number of anilines is 2. The maximum Gasteiger partial charge on any atom is 0.348 e. The fourth-order valence-corrected chi connectivity index (χ4v) is 4.95. The van der Waals surface area contributed by atoms with E-state index in [2.05, 4.69) is 15.3 Å². The normalized spacial score (nSPS) is 18.7. The maximum atomic E-state index is 14.0. The van der Waals surface area contributed by atoms with Crippen LogP contribution in [-0.4, -0.2) is 42.4 Å². The van der Waals surface area contributed by atoms with E-state index >= 15 is 0 Å². The number of fused-ring (bicyclic) bond motifs is 1. The van der Waals surface area contributed by atoms with Crippen molar-refractivity contribution in [2.45, 2.75) is 44.8 Å². The molecule has 1 fully saturated rings. The fraction of sp³-hybridized carbons (Fsp3) is 0.409. The molecule has 1 aliphatic rings. The molecular formula is C22H24FN3O4S. The Bertz CT molecular complexity index is 1100. The van der Waals surface area contributed by atoms with E-state index in [0.717, 1.165) is 36.6 Å². The number of nitrogens with one attached hydrogen (secondary N) is 1. The summed E-state index contributed by atoms with van der Waals surface area (Å²) in [6.45, 7) is 1.83. The minimum Gasteiger partial charge on any atom is -0.488 e. The highest BCUT2D eigenvalue weighted by atomic mass is 32.1. The molecule has 0 radical (unpaired) electrons. The number of carbonyl (C=O) groups is 1. The number of aryl methyl sites for hydroxylation is 1. The standard InChI is InChI=1S/C22H24FN3O4S/c1-12-18-20(24-11-25-21(18)31-19(12)22(27)29-3)26-16-8-7-13(23)9-17(16)30-15-6-4-5-14(10-15)28-2/h7-9,11,14-15H,4-6,10H2,1-3H3,(H,24,25,26)/t14-,15+/m0/s1. The molecule has 3 aromatic rings. The third-order valence-corrected chi connectivity index (χ3v) is 6.68. The molecule has 31 heavy (non-hydrogen) atoms. The Labute approximate surface area is 183 Å².